The van der Waals surface area contributed by atoms with Crippen LogP contribution in [0.3, 0.4) is 0 Å². The van der Waals surface area contributed by atoms with Gasteiger partial charge < -0.3 is 4.74 Å². The van der Waals surface area contributed by atoms with Crippen molar-refractivity contribution in [2.45, 2.75) is 33.8 Å². The molecule has 4 nitrogen and oxygen atoms in total. The maximum atomic E-state index is 10.3. The van der Waals surface area contributed by atoms with Crippen molar-refractivity contribution >= 4 is 10.1 Å². The first-order valence-corrected chi connectivity index (χ1v) is 5.80. The molecule has 1 N–H and O–H groups in total. The smallest absolute Gasteiger partial charge is 0.267 e. The highest BCUT2D eigenvalue weighted by Crippen LogP contribution is 2.21. The van der Waals surface area contributed by atoms with Crippen LogP contribution in [0.15, 0.2) is 0 Å². The van der Waals surface area contributed by atoms with Gasteiger partial charge in [0.25, 0.3) is 10.1 Å². The lowest BCUT2D eigenvalue weighted by Crippen LogP contribution is -2.28. The van der Waals surface area contributed by atoms with E-state index in [1.807, 2.05) is 27.7 Å². The van der Waals surface area contributed by atoms with Crippen LogP contribution in [-0.2, 0) is 14.9 Å². The Morgan fingerprint density at radius 1 is 1.38 bits per heavy atom. The number of ether oxygens (including phenoxy) is 1. The monoisotopic (exact) mass is 210 g/mol. The molecule has 13 heavy (non-hydrogen) atoms. The molecule has 5 heteroatoms. The average Bonchev–Trinajstić information content (AvgIpc) is 1.82. The zero-order chi connectivity index (χ0) is 10.7. The molecule has 0 saturated heterocycles. The predicted molar refractivity (Wildman–Crippen MR) is 51.3 cm³/mol. The highest BCUT2D eigenvalue weighted by Gasteiger charge is 2.20. The van der Waals surface area contributed by atoms with Gasteiger partial charge in [0.1, 0.15) is 0 Å². The van der Waals surface area contributed by atoms with E-state index in [-0.39, 0.29) is 23.9 Å². The Kier molecular flexibility index (Phi) is 4.35. The minimum absolute atomic E-state index is 0.0147. The van der Waals surface area contributed by atoms with Crippen molar-refractivity contribution in [1.29, 1.82) is 0 Å². The van der Waals surface area contributed by atoms with Crippen LogP contribution in [-0.4, -0.2) is 31.4 Å². The molecule has 1 unspecified atom stereocenters. The minimum atomic E-state index is -3.89. The fourth-order valence-corrected chi connectivity index (χ4v) is 0.887. The van der Waals surface area contributed by atoms with Gasteiger partial charge in [-0.1, -0.05) is 20.8 Å². The molecule has 0 aromatic rings. The fraction of sp³-hybridized carbons (Fsp3) is 1.00. The van der Waals surface area contributed by atoms with Crippen LogP contribution in [0, 0.1) is 5.41 Å². The fourth-order valence-electron chi connectivity index (χ4n) is 0.580. The van der Waals surface area contributed by atoms with Gasteiger partial charge in [-0.2, -0.15) is 8.42 Å². The number of hydrogen-bond donors (Lipinski definition) is 1. The van der Waals surface area contributed by atoms with E-state index in [0.717, 1.165) is 0 Å². The van der Waals surface area contributed by atoms with E-state index in [9.17, 15) is 8.42 Å². The van der Waals surface area contributed by atoms with Gasteiger partial charge in [0.05, 0.1) is 18.5 Å². The maximum absolute atomic E-state index is 10.3. The van der Waals surface area contributed by atoms with Crippen LogP contribution in [0.1, 0.15) is 27.7 Å². The summed E-state index contributed by atoms with van der Waals surface area (Å²) in [6.07, 6.45) is -0.0331. The Labute approximate surface area is 80.0 Å². The highest BCUT2D eigenvalue weighted by atomic mass is 32.2. The van der Waals surface area contributed by atoms with Crippen molar-refractivity contribution in [2.75, 3.05) is 12.4 Å². The predicted octanol–water partition coefficient (Wildman–Crippen LogP) is 1.33. The second kappa shape index (κ2) is 4.39. The Morgan fingerprint density at radius 2 is 1.85 bits per heavy atom. The third kappa shape index (κ3) is 6.98. The Morgan fingerprint density at radius 3 is 2.15 bits per heavy atom. The summed E-state index contributed by atoms with van der Waals surface area (Å²) in [6.45, 7) is 7.93. The SMILES string of the molecule is CC(OCCS(=O)(=O)O)C(C)(C)C. The van der Waals surface area contributed by atoms with Gasteiger partial charge in [-0.25, -0.2) is 0 Å². The molecular formula is C8H18O4S. The molecule has 0 bridgehead atoms. The second-order valence-electron chi connectivity index (χ2n) is 4.17. The van der Waals surface area contributed by atoms with Gasteiger partial charge in [0.15, 0.2) is 0 Å². The standard InChI is InChI=1S/C8H18O4S/c1-7(8(2,3)4)12-5-6-13(9,10)11/h7H,5-6H2,1-4H3,(H,9,10,11). The summed E-state index contributed by atoms with van der Waals surface area (Å²) in [6, 6.07) is 0. The van der Waals surface area contributed by atoms with Crippen molar-refractivity contribution in [3.63, 3.8) is 0 Å². The van der Waals surface area contributed by atoms with E-state index in [0.29, 0.717) is 0 Å². The summed E-state index contributed by atoms with van der Waals surface area (Å²) < 4.78 is 34.3. The van der Waals surface area contributed by atoms with Crippen LogP contribution >= 0.6 is 0 Å². The molecule has 0 aliphatic heterocycles. The Bertz CT molecular complexity index is 237. The molecule has 0 aromatic heterocycles. The molecule has 0 aliphatic carbocycles. The first kappa shape index (κ1) is 12.9. The summed E-state index contributed by atoms with van der Waals surface area (Å²) in [5, 5.41) is 0. The van der Waals surface area contributed by atoms with E-state index >= 15 is 0 Å². The lowest BCUT2D eigenvalue weighted by molar-refractivity contribution is 0.00285. The lowest BCUT2D eigenvalue weighted by atomic mass is 9.90. The van der Waals surface area contributed by atoms with Crippen LogP contribution in [0.4, 0.5) is 0 Å². The van der Waals surface area contributed by atoms with Crippen LogP contribution < -0.4 is 0 Å². The maximum Gasteiger partial charge on any atom is 0.267 e. The average molecular weight is 210 g/mol. The van der Waals surface area contributed by atoms with Gasteiger partial charge in [0.2, 0.25) is 0 Å². The molecular weight excluding hydrogens is 192 g/mol. The molecule has 0 heterocycles. The van der Waals surface area contributed by atoms with Crippen molar-refractivity contribution in [2.24, 2.45) is 5.41 Å². The Balaban J connectivity index is 3.80. The summed E-state index contributed by atoms with van der Waals surface area (Å²) >= 11 is 0. The summed E-state index contributed by atoms with van der Waals surface area (Å²) in [7, 11) is -3.89. The van der Waals surface area contributed by atoms with E-state index < -0.39 is 10.1 Å². The van der Waals surface area contributed by atoms with E-state index in [1.54, 1.807) is 0 Å². The molecule has 0 radical (unpaired) electrons. The second-order valence-corrected chi connectivity index (χ2v) is 5.74. The van der Waals surface area contributed by atoms with Crippen molar-refractivity contribution in [3.8, 4) is 0 Å². The molecule has 0 amide bonds. The zero-order valence-electron chi connectivity index (χ0n) is 8.57. The molecule has 0 spiro atoms. The van der Waals surface area contributed by atoms with Crippen molar-refractivity contribution in [3.05, 3.63) is 0 Å². The number of hydrogen-bond acceptors (Lipinski definition) is 3. The van der Waals surface area contributed by atoms with Crippen molar-refractivity contribution < 1.29 is 17.7 Å². The van der Waals surface area contributed by atoms with Crippen LogP contribution in [0.5, 0.6) is 0 Å². The third-order valence-corrected chi connectivity index (χ3v) is 2.61. The van der Waals surface area contributed by atoms with Crippen LogP contribution in [0.2, 0.25) is 0 Å². The van der Waals surface area contributed by atoms with E-state index in [2.05, 4.69) is 0 Å². The largest absolute Gasteiger partial charge is 0.377 e. The molecule has 0 aliphatic rings. The molecule has 1 atom stereocenters. The normalized spacial score (nSPS) is 15.8. The minimum Gasteiger partial charge on any atom is -0.377 e. The van der Waals surface area contributed by atoms with E-state index in [4.69, 9.17) is 9.29 Å². The first-order chi connectivity index (χ1) is 5.63. The Hall–Kier alpha value is -0.130. The number of rotatable bonds is 4. The summed E-state index contributed by atoms with van der Waals surface area (Å²) in [5.74, 6) is -0.340. The van der Waals surface area contributed by atoms with Gasteiger partial charge in [-0.3, -0.25) is 4.55 Å². The molecule has 0 aromatic carbocycles. The summed E-state index contributed by atoms with van der Waals surface area (Å²) in [5.41, 5.74) is -0.0147. The summed E-state index contributed by atoms with van der Waals surface area (Å²) in [4.78, 5) is 0. The first-order valence-electron chi connectivity index (χ1n) is 4.19. The topological polar surface area (TPSA) is 63.6 Å². The van der Waals surface area contributed by atoms with Gasteiger partial charge >= 0.3 is 0 Å². The highest BCUT2D eigenvalue weighted by molar-refractivity contribution is 7.85. The van der Waals surface area contributed by atoms with Gasteiger partial charge in [0, 0.05) is 0 Å². The quantitative estimate of drug-likeness (QED) is 0.711. The van der Waals surface area contributed by atoms with Gasteiger partial charge in [-0.05, 0) is 12.3 Å². The zero-order valence-corrected chi connectivity index (χ0v) is 9.39. The molecule has 0 fully saturated rings. The van der Waals surface area contributed by atoms with Crippen molar-refractivity contribution in [1.82, 2.24) is 0 Å². The third-order valence-electron chi connectivity index (χ3n) is 1.93. The molecule has 0 rings (SSSR count). The van der Waals surface area contributed by atoms with E-state index in [1.165, 1.54) is 0 Å². The molecule has 80 valence electrons. The molecule has 0 saturated carbocycles. The lowest BCUT2D eigenvalue weighted by Gasteiger charge is -2.26. The van der Waals surface area contributed by atoms with Gasteiger partial charge in [-0.15, -0.1) is 0 Å². The van der Waals surface area contributed by atoms with Crippen LogP contribution in [0.25, 0.3) is 0 Å².